The van der Waals surface area contributed by atoms with Gasteiger partial charge in [-0.15, -0.1) is 0 Å². The van der Waals surface area contributed by atoms with E-state index in [1.807, 2.05) is 6.92 Å². The molecule has 0 aromatic heterocycles. The molecule has 3 amide bonds. The van der Waals surface area contributed by atoms with Crippen molar-refractivity contribution in [1.29, 1.82) is 0 Å². The molecule has 0 aliphatic carbocycles. The van der Waals surface area contributed by atoms with Crippen LogP contribution in [0.1, 0.15) is 40.0 Å². The molecule has 10 nitrogen and oxygen atoms in total. The zero-order chi connectivity index (χ0) is 20.7. The summed E-state index contributed by atoms with van der Waals surface area (Å²) in [6.45, 7) is 4.86. The number of carbonyl (C=O) groups excluding carboxylic acids is 3. The van der Waals surface area contributed by atoms with Gasteiger partial charge >= 0.3 is 5.97 Å². The first-order chi connectivity index (χ1) is 12.6. The molecule has 10 heteroatoms. The largest absolute Gasteiger partial charge is 0.480 e. The first-order valence-electron chi connectivity index (χ1n) is 9.14. The van der Waals surface area contributed by atoms with Crippen molar-refractivity contribution in [3.8, 4) is 0 Å². The molecule has 0 radical (unpaired) electrons. The number of nitrogens with two attached hydrogens (primary N) is 1. The van der Waals surface area contributed by atoms with Crippen LogP contribution in [0.2, 0.25) is 0 Å². The smallest absolute Gasteiger partial charge is 0.326 e. The van der Waals surface area contributed by atoms with Gasteiger partial charge in [0.1, 0.15) is 24.2 Å². The Hall–Kier alpha value is -2.20. The molecule has 5 unspecified atom stereocenters. The highest BCUT2D eigenvalue weighted by Gasteiger charge is 2.39. The topological polar surface area (TPSA) is 162 Å². The van der Waals surface area contributed by atoms with Gasteiger partial charge in [-0.1, -0.05) is 20.3 Å². The third kappa shape index (κ3) is 5.90. The number of carboxylic acid groups (broad SMARTS) is 1. The third-order valence-corrected chi connectivity index (χ3v) is 4.88. The van der Waals surface area contributed by atoms with Crippen molar-refractivity contribution in [3.05, 3.63) is 0 Å². The fraction of sp³-hybridized carbons (Fsp3) is 0.765. The zero-order valence-electron chi connectivity index (χ0n) is 16.0. The Kier molecular flexibility index (Phi) is 8.64. The summed E-state index contributed by atoms with van der Waals surface area (Å²) in [5.41, 5.74) is 5.40. The van der Waals surface area contributed by atoms with E-state index in [1.54, 1.807) is 6.92 Å². The Morgan fingerprint density at radius 3 is 2.33 bits per heavy atom. The molecular weight excluding hydrogens is 356 g/mol. The van der Waals surface area contributed by atoms with E-state index >= 15 is 0 Å². The van der Waals surface area contributed by atoms with Crippen LogP contribution >= 0.6 is 0 Å². The van der Waals surface area contributed by atoms with Crippen molar-refractivity contribution in [3.63, 3.8) is 0 Å². The predicted molar refractivity (Wildman–Crippen MR) is 96.4 cm³/mol. The molecular formula is C17H30N4O6. The minimum atomic E-state index is -1.15. The van der Waals surface area contributed by atoms with Crippen molar-refractivity contribution >= 4 is 23.7 Å². The molecule has 6 N–H and O–H groups in total. The zero-order valence-corrected chi connectivity index (χ0v) is 16.0. The molecule has 1 fully saturated rings. The number of hydrogen-bond acceptors (Lipinski definition) is 6. The van der Waals surface area contributed by atoms with Crippen LogP contribution in [0.15, 0.2) is 0 Å². The number of amides is 3. The summed E-state index contributed by atoms with van der Waals surface area (Å²) in [4.78, 5) is 49.7. The summed E-state index contributed by atoms with van der Waals surface area (Å²) in [5, 5.41) is 23.2. The molecule has 1 aliphatic heterocycles. The van der Waals surface area contributed by atoms with Crippen LogP contribution in [-0.2, 0) is 19.2 Å². The Labute approximate surface area is 158 Å². The van der Waals surface area contributed by atoms with Crippen molar-refractivity contribution in [1.82, 2.24) is 15.5 Å². The van der Waals surface area contributed by atoms with Gasteiger partial charge in [0.05, 0.1) is 6.61 Å². The van der Waals surface area contributed by atoms with Crippen molar-refractivity contribution in [2.45, 2.75) is 64.2 Å². The van der Waals surface area contributed by atoms with Gasteiger partial charge in [0.2, 0.25) is 17.7 Å². The molecule has 5 atom stereocenters. The van der Waals surface area contributed by atoms with E-state index in [0.717, 1.165) is 0 Å². The molecule has 27 heavy (non-hydrogen) atoms. The van der Waals surface area contributed by atoms with Gasteiger partial charge in [-0.2, -0.15) is 0 Å². The molecule has 0 saturated carbocycles. The fourth-order valence-corrected chi connectivity index (χ4v) is 2.90. The summed E-state index contributed by atoms with van der Waals surface area (Å²) in [5.74, 6) is -2.99. The molecule has 1 heterocycles. The lowest BCUT2D eigenvalue weighted by atomic mass is 9.97. The maximum absolute atomic E-state index is 12.9. The van der Waals surface area contributed by atoms with E-state index in [1.165, 1.54) is 11.8 Å². The first-order valence-corrected chi connectivity index (χ1v) is 9.14. The molecule has 0 bridgehead atoms. The lowest BCUT2D eigenvalue weighted by Gasteiger charge is -2.31. The Morgan fingerprint density at radius 2 is 1.81 bits per heavy atom. The van der Waals surface area contributed by atoms with Crippen LogP contribution < -0.4 is 16.4 Å². The van der Waals surface area contributed by atoms with Crippen LogP contribution in [0.3, 0.4) is 0 Å². The fourth-order valence-electron chi connectivity index (χ4n) is 2.90. The Morgan fingerprint density at radius 1 is 1.19 bits per heavy atom. The SMILES string of the molecule is CCC(C)C(NC(=O)C(C)NC(=O)C(N)CO)C(=O)N1CCCC1C(=O)O. The summed E-state index contributed by atoms with van der Waals surface area (Å²) >= 11 is 0. The molecule has 1 aliphatic rings. The standard InChI is InChI=1S/C17H30N4O6/c1-4-9(2)13(16(25)21-7-5-6-12(21)17(26)27)20-14(23)10(3)19-15(24)11(18)8-22/h9-13,22H,4-8,18H2,1-3H3,(H,19,24)(H,20,23)(H,26,27). The number of rotatable bonds is 9. The van der Waals surface area contributed by atoms with Crippen molar-refractivity contribution in [2.24, 2.45) is 11.7 Å². The maximum Gasteiger partial charge on any atom is 0.326 e. The molecule has 0 spiro atoms. The van der Waals surface area contributed by atoms with E-state index in [0.29, 0.717) is 25.8 Å². The predicted octanol–water partition coefficient (Wildman–Crippen LogP) is -1.58. The van der Waals surface area contributed by atoms with Crippen LogP contribution in [0.4, 0.5) is 0 Å². The molecule has 154 valence electrons. The van der Waals surface area contributed by atoms with E-state index in [2.05, 4.69) is 10.6 Å². The molecule has 1 saturated heterocycles. The summed E-state index contributed by atoms with van der Waals surface area (Å²) in [7, 11) is 0. The number of likely N-dealkylation sites (tertiary alicyclic amines) is 1. The highest BCUT2D eigenvalue weighted by Crippen LogP contribution is 2.21. The minimum Gasteiger partial charge on any atom is -0.480 e. The summed E-state index contributed by atoms with van der Waals surface area (Å²) < 4.78 is 0. The van der Waals surface area contributed by atoms with Gasteiger partial charge in [-0.3, -0.25) is 14.4 Å². The van der Waals surface area contributed by atoms with Crippen molar-refractivity contribution < 1.29 is 29.4 Å². The van der Waals surface area contributed by atoms with Crippen LogP contribution in [0.25, 0.3) is 0 Å². The normalized spacial score (nSPS) is 21.1. The van der Waals surface area contributed by atoms with Gasteiger partial charge in [-0.05, 0) is 25.7 Å². The lowest BCUT2D eigenvalue weighted by Crippen LogP contribution is -2.58. The second-order valence-electron chi connectivity index (χ2n) is 6.92. The minimum absolute atomic E-state index is 0.223. The highest BCUT2D eigenvalue weighted by atomic mass is 16.4. The average Bonchev–Trinajstić information content (AvgIpc) is 3.13. The van der Waals surface area contributed by atoms with Gasteiger partial charge in [0.25, 0.3) is 0 Å². The highest BCUT2D eigenvalue weighted by molar-refractivity contribution is 5.94. The number of aliphatic carboxylic acids is 1. The van der Waals surface area contributed by atoms with E-state index < -0.39 is 54.5 Å². The number of nitrogens with zero attached hydrogens (tertiary/aromatic N) is 1. The monoisotopic (exact) mass is 386 g/mol. The lowest BCUT2D eigenvalue weighted by molar-refractivity contribution is -0.150. The van der Waals surface area contributed by atoms with Crippen molar-refractivity contribution in [2.75, 3.05) is 13.2 Å². The van der Waals surface area contributed by atoms with E-state index in [-0.39, 0.29) is 5.92 Å². The van der Waals surface area contributed by atoms with E-state index in [4.69, 9.17) is 10.8 Å². The summed E-state index contributed by atoms with van der Waals surface area (Å²) in [6, 6.07) is -3.90. The molecule has 1 rings (SSSR count). The Bertz CT molecular complexity index is 570. The number of hydrogen-bond donors (Lipinski definition) is 5. The maximum atomic E-state index is 12.9. The molecule has 0 aromatic rings. The van der Waals surface area contributed by atoms with E-state index in [9.17, 15) is 24.3 Å². The van der Waals surface area contributed by atoms with Gasteiger partial charge < -0.3 is 31.5 Å². The van der Waals surface area contributed by atoms with Gasteiger partial charge in [0.15, 0.2) is 0 Å². The third-order valence-electron chi connectivity index (χ3n) is 4.88. The number of nitrogens with one attached hydrogen (secondary N) is 2. The Balaban J connectivity index is 2.85. The molecule has 0 aromatic carbocycles. The van der Waals surface area contributed by atoms with Crippen LogP contribution in [0.5, 0.6) is 0 Å². The van der Waals surface area contributed by atoms with Crippen LogP contribution in [0, 0.1) is 5.92 Å². The van der Waals surface area contributed by atoms with Gasteiger partial charge in [0, 0.05) is 6.54 Å². The summed E-state index contributed by atoms with van der Waals surface area (Å²) in [6.07, 6.45) is 1.57. The number of aliphatic hydroxyl groups excluding tert-OH is 1. The second-order valence-corrected chi connectivity index (χ2v) is 6.92. The first kappa shape index (κ1) is 22.8. The van der Waals surface area contributed by atoms with Gasteiger partial charge in [-0.25, -0.2) is 4.79 Å². The second kappa shape index (κ2) is 10.2. The number of aliphatic hydroxyl groups is 1. The quantitative estimate of drug-likeness (QED) is 0.319. The number of carboxylic acids is 1. The average molecular weight is 386 g/mol. The van der Waals surface area contributed by atoms with Crippen LogP contribution in [-0.4, -0.2) is 76.1 Å². The number of carbonyl (C=O) groups is 4.